The first-order valence-corrected chi connectivity index (χ1v) is 6.85. The molecule has 0 radical (unpaired) electrons. The molecule has 5 heteroatoms. The van der Waals surface area contributed by atoms with Gasteiger partial charge in [0.15, 0.2) is 0 Å². The van der Waals surface area contributed by atoms with Crippen molar-refractivity contribution in [2.75, 3.05) is 7.11 Å². The third kappa shape index (κ3) is 3.54. The number of esters is 1. The number of benzene rings is 1. The fraction of sp³-hybridized carbons (Fsp3) is 0.286. The van der Waals surface area contributed by atoms with Crippen molar-refractivity contribution in [2.24, 2.45) is 0 Å². The average molecular weight is 277 g/mol. The maximum Gasteiger partial charge on any atom is 0.338 e. The Morgan fingerprint density at radius 2 is 2.05 bits per heavy atom. The van der Waals surface area contributed by atoms with Gasteiger partial charge in [-0.2, -0.15) is 0 Å². The number of rotatable bonds is 5. The van der Waals surface area contributed by atoms with E-state index in [1.165, 1.54) is 0 Å². The van der Waals surface area contributed by atoms with E-state index in [0.29, 0.717) is 11.3 Å². The summed E-state index contributed by atoms with van der Waals surface area (Å²) >= 11 is 1.58. The zero-order chi connectivity index (χ0) is 13.7. The Bertz CT molecular complexity index is 548. The van der Waals surface area contributed by atoms with Crippen molar-refractivity contribution in [3.63, 3.8) is 0 Å². The Morgan fingerprint density at radius 1 is 1.32 bits per heavy atom. The van der Waals surface area contributed by atoms with Gasteiger partial charge < -0.3 is 9.47 Å². The molecule has 0 saturated heterocycles. The van der Waals surface area contributed by atoms with Crippen molar-refractivity contribution in [1.82, 2.24) is 4.98 Å². The lowest BCUT2D eigenvalue weighted by molar-refractivity contribution is 0.0468. The summed E-state index contributed by atoms with van der Waals surface area (Å²) in [6.07, 6.45) is 0.900. The molecule has 1 heterocycles. The zero-order valence-corrected chi connectivity index (χ0v) is 11.7. The first-order valence-electron chi connectivity index (χ1n) is 5.97. The molecule has 0 unspecified atom stereocenters. The Morgan fingerprint density at radius 3 is 2.63 bits per heavy atom. The highest BCUT2D eigenvalue weighted by molar-refractivity contribution is 7.09. The van der Waals surface area contributed by atoms with Gasteiger partial charge in [0.05, 0.1) is 23.4 Å². The number of hydrogen-bond acceptors (Lipinski definition) is 5. The van der Waals surface area contributed by atoms with Crippen LogP contribution in [0.4, 0.5) is 0 Å². The van der Waals surface area contributed by atoms with Gasteiger partial charge in [0.1, 0.15) is 12.4 Å². The Labute approximate surface area is 116 Å². The van der Waals surface area contributed by atoms with Crippen LogP contribution in [0, 0.1) is 0 Å². The number of aryl methyl sites for hydroxylation is 1. The Hall–Kier alpha value is -1.88. The lowest BCUT2D eigenvalue weighted by atomic mass is 10.2. The molecule has 0 fully saturated rings. The molecule has 19 heavy (non-hydrogen) atoms. The second kappa shape index (κ2) is 6.33. The van der Waals surface area contributed by atoms with Crippen LogP contribution in [0.3, 0.4) is 0 Å². The van der Waals surface area contributed by atoms with Crippen molar-refractivity contribution >= 4 is 17.3 Å². The van der Waals surface area contributed by atoms with E-state index in [1.54, 1.807) is 42.7 Å². The van der Waals surface area contributed by atoms with Crippen molar-refractivity contribution < 1.29 is 14.3 Å². The maximum absolute atomic E-state index is 11.8. The fourth-order valence-corrected chi connectivity index (χ4v) is 2.26. The van der Waals surface area contributed by atoms with Crippen molar-refractivity contribution in [3.05, 3.63) is 45.9 Å². The molecule has 0 spiro atoms. The number of ether oxygens (including phenoxy) is 2. The van der Waals surface area contributed by atoms with Crippen LogP contribution in [0.5, 0.6) is 5.75 Å². The summed E-state index contributed by atoms with van der Waals surface area (Å²) in [7, 11) is 1.58. The molecular weight excluding hydrogens is 262 g/mol. The van der Waals surface area contributed by atoms with Crippen molar-refractivity contribution in [2.45, 2.75) is 20.0 Å². The second-order valence-corrected chi connectivity index (χ2v) is 4.83. The minimum atomic E-state index is -0.353. The molecular formula is C14H15NO3S. The van der Waals surface area contributed by atoms with E-state index in [1.807, 2.05) is 12.3 Å². The number of aromatic nitrogens is 1. The number of thiazole rings is 1. The van der Waals surface area contributed by atoms with E-state index in [4.69, 9.17) is 9.47 Å². The van der Waals surface area contributed by atoms with Gasteiger partial charge in [0.2, 0.25) is 0 Å². The molecule has 1 aromatic carbocycles. The third-order valence-electron chi connectivity index (χ3n) is 2.58. The van der Waals surface area contributed by atoms with E-state index in [9.17, 15) is 4.79 Å². The smallest absolute Gasteiger partial charge is 0.338 e. The number of nitrogens with zero attached hydrogens (tertiary/aromatic N) is 1. The van der Waals surface area contributed by atoms with E-state index >= 15 is 0 Å². The molecule has 0 aliphatic carbocycles. The Balaban J connectivity index is 1.93. The molecule has 0 atom stereocenters. The number of carbonyl (C=O) groups excluding carboxylic acids is 1. The number of carbonyl (C=O) groups is 1. The average Bonchev–Trinajstić information content (AvgIpc) is 2.93. The molecule has 100 valence electrons. The predicted molar refractivity (Wildman–Crippen MR) is 73.6 cm³/mol. The summed E-state index contributed by atoms with van der Waals surface area (Å²) in [5.41, 5.74) is 1.30. The van der Waals surface area contributed by atoms with E-state index < -0.39 is 0 Å². The van der Waals surface area contributed by atoms with Gasteiger partial charge in [-0.05, 0) is 30.7 Å². The summed E-state index contributed by atoms with van der Waals surface area (Å²) in [5, 5.41) is 2.97. The normalized spacial score (nSPS) is 10.2. The Kier molecular flexibility index (Phi) is 4.52. The van der Waals surface area contributed by atoms with Gasteiger partial charge >= 0.3 is 5.97 Å². The SMILES string of the molecule is CCc1nc(COC(=O)c2ccc(OC)cc2)cs1. The van der Waals surface area contributed by atoms with Crippen LogP contribution >= 0.6 is 11.3 Å². The first-order chi connectivity index (χ1) is 9.22. The van der Waals surface area contributed by atoms with Gasteiger partial charge in [0.25, 0.3) is 0 Å². The lowest BCUT2D eigenvalue weighted by Gasteiger charge is -2.04. The molecule has 0 aliphatic rings. The van der Waals surface area contributed by atoms with Crippen molar-refractivity contribution in [3.8, 4) is 5.75 Å². The first kappa shape index (κ1) is 13.5. The van der Waals surface area contributed by atoms with E-state index in [2.05, 4.69) is 4.98 Å². The highest BCUT2D eigenvalue weighted by Gasteiger charge is 2.08. The molecule has 0 N–H and O–H groups in total. The van der Waals surface area contributed by atoms with Gasteiger partial charge in [-0.1, -0.05) is 6.92 Å². The van der Waals surface area contributed by atoms with Crippen LogP contribution in [-0.2, 0) is 17.8 Å². The molecule has 1 aromatic heterocycles. The van der Waals surface area contributed by atoms with Gasteiger partial charge in [-0.3, -0.25) is 0 Å². The summed E-state index contributed by atoms with van der Waals surface area (Å²) in [4.78, 5) is 16.1. The number of hydrogen-bond donors (Lipinski definition) is 0. The predicted octanol–water partition coefficient (Wildman–Crippen LogP) is 3.07. The molecule has 0 aliphatic heterocycles. The molecule has 2 rings (SSSR count). The largest absolute Gasteiger partial charge is 0.497 e. The quantitative estimate of drug-likeness (QED) is 0.788. The number of methoxy groups -OCH3 is 1. The minimum absolute atomic E-state index is 0.210. The topological polar surface area (TPSA) is 48.4 Å². The molecule has 0 amide bonds. The zero-order valence-electron chi connectivity index (χ0n) is 10.9. The van der Waals surface area contributed by atoms with Crippen molar-refractivity contribution in [1.29, 1.82) is 0 Å². The fourth-order valence-electron chi connectivity index (χ4n) is 1.53. The standard InChI is InChI=1S/C14H15NO3S/c1-3-13-15-11(9-19-13)8-18-14(16)10-4-6-12(17-2)7-5-10/h4-7,9H,3,8H2,1-2H3. The summed E-state index contributed by atoms with van der Waals surface area (Å²) < 4.78 is 10.2. The van der Waals surface area contributed by atoms with Crippen LogP contribution in [0.2, 0.25) is 0 Å². The minimum Gasteiger partial charge on any atom is -0.497 e. The monoisotopic (exact) mass is 277 g/mol. The van der Waals surface area contributed by atoms with E-state index in [-0.39, 0.29) is 12.6 Å². The van der Waals surface area contributed by atoms with Crippen LogP contribution in [-0.4, -0.2) is 18.1 Å². The molecule has 0 bridgehead atoms. The highest BCUT2D eigenvalue weighted by atomic mass is 32.1. The summed E-state index contributed by atoms with van der Waals surface area (Å²) in [5.74, 6) is 0.359. The summed E-state index contributed by atoms with van der Waals surface area (Å²) in [6.45, 7) is 2.26. The molecule has 4 nitrogen and oxygen atoms in total. The van der Waals surface area contributed by atoms with Crippen LogP contribution in [0.15, 0.2) is 29.6 Å². The molecule has 2 aromatic rings. The maximum atomic E-state index is 11.8. The van der Waals surface area contributed by atoms with Gasteiger partial charge in [-0.15, -0.1) is 11.3 Å². The van der Waals surface area contributed by atoms with Crippen LogP contribution in [0.1, 0.15) is 28.0 Å². The second-order valence-electron chi connectivity index (χ2n) is 3.89. The highest BCUT2D eigenvalue weighted by Crippen LogP contribution is 2.14. The van der Waals surface area contributed by atoms with Crippen LogP contribution in [0.25, 0.3) is 0 Å². The third-order valence-corrected chi connectivity index (χ3v) is 3.62. The summed E-state index contributed by atoms with van der Waals surface area (Å²) in [6, 6.07) is 6.82. The lowest BCUT2D eigenvalue weighted by Crippen LogP contribution is -2.05. The van der Waals surface area contributed by atoms with Crippen LogP contribution < -0.4 is 4.74 Å². The van der Waals surface area contributed by atoms with Gasteiger partial charge in [0, 0.05) is 5.38 Å². The molecule has 0 saturated carbocycles. The van der Waals surface area contributed by atoms with Gasteiger partial charge in [-0.25, -0.2) is 9.78 Å². The van der Waals surface area contributed by atoms with E-state index in [0.717, 1.165) is 17.1 Å².